The Morgan fingerprint density at radius 1 is 1.37 bits per heavy atom. The summed E-state index contributed by atoms with van der Waals surface area (Å²) in [6.07, 6.45) is -0.681. The molecule has 19 heavy (non-hydrogen) atoms. The average molecular weight is 395 g/mol. The summed E-state index contributed by atoms with van der Waals surface area (Å²) >= 11 is 6.41. The zero-order valence-corrected chi connectivity index (χ0v) is 13.5. The zero-order valence-electron chi connectivity index (χ0n) is 10.4. The van der Waals surface area contributed by atoms with Crippen molar-refractivity contribution in [3.05, 3.63) is 26.6 Å². The van der Waals surface area contributed by atoms with Crippen molar-refractivity contribution in [1.82, 2.24) is 0 Å². The largest absolute Gasteiger partial charge is 0.478 e. The first-order chi connectivity index (χ1) is 8.81. The number of carbonyl (C=O) groups excluding carboxylic acids is 1. The van der Waals surface area contributed by atoms with Gasteiger partial charge in [0.2, 0.25) is 0 Å². The molecule has 104 valence electrons. The molecule has 0 aromatic heterocycles. The first kappa shape index (κ1) is 16.0. The number of carboxylic acids is 1. The number of carboxylic acid groups (broad SMARTS) is 1. The monoisotopic (exact) mass is 393 g/mol. The number of nitrogens with one attached hydrogen (secondary N) is 1. The third-order valence-corrected chi connectivity index (χ3v) is 3.14. The van der Waals surface area contributed by atoms with E-state index in [2.05, 4.69) is 37.2 Å². The Labute approximate surface area is 127 Å². The highest BCUT2D eigenvalue weighted by Gasteiger charge is 2.17. The number of ether oxygens (including phenoxy) is 1. The van der Waals surface area contributed by atoms with E-state index >= 15 is 0 Å². The summed E-state index contributed by atoms with van der Waals surface area (Å²) in [7, 11) is 0. The van der Waals surface area contributed by atoms with Crippen molar-refractivity contribution in [3.63, 3.8) is 0 Å². The van der Waals surface area contributed by atoms with Gasteiger partial charge in [-0.05, 0) is 34.0 Å². The molecule has 0 aliphatic heterocycles. The summed E-state index contributed by atoms with van der Waals surface area (Å²) in [4.78, 5) is 22.7. The van der Waals surface area contributed by atoms with Gasteiger partial charge in [0.1, 0.15) is 0 Å². The van der Waals surface area contributed by atoms with Gasteiger partial charge < -0.3 is 9.84 Å². The molecule has 0 aliphatic rings. The Morgan fingerprint density at radius 2 is 2.00 bits per heavy atom. The molecule has 0 heterocycles. The van der Waals surface area contributed by atoms with Gasteiger partial charge >= 0.3 is 12.1 Å². The van der Waals surface area contributed by atoms with Crippen LogP contribution in [-0.4, -0.2) is 23.8 Å². The van der Waals surface area contributed by atoms with Crippen molar-refractivity contribution in [2.24, 2.45) is 5.92 Å². The van der Waals surface area contributed by atoms with Crippen molar-refractivity contribution in [1.29, 1.82) is 0 Å². The third kappa shape index (κ3) is 4.83. The van der Waals surface area contributed by atoms with Crippen molar-refractivity contribution >= 4 is 49.6 Å². The summed E-state index contributed by atoms with van der Waals surface area (Å²) in [5.74, 6) is -0.931. The number of benzene rings is 1. The molecule has 7 heteroatoms. The van der Waals surface area contributed by atoms with Gasteiger partial charge in [0.05, 0.1) is 17.9 Å². The minimum Gasteiger partial charge on any atom is -0.478 e. The fraction of sp³-hybridized carbons (Fsp3) is 0.333. The zero-order chi connectivity index (χ0) is 14.6. The van der Waals surface area contributed by atoms with Crippen LogP contribution in [0.3, 0.4) is 0 Å². The summed E-state index contributed by atoms with van der Waals surface area (Å²) < 4.78 is 6.01. The molecule has 0 saturated heterocycles. The van der Waals surface area contributed by atoms with E-state index in [1.54, 1.807) is 6.07 Å². The fourth-order valence-corrected chi connectivity index (χ4v) is 2.57. The van der Waals surface area contributed by atoms with E-state index in [4.69, 9.17) is 9.84 Å². The molecule has 0 fully saturated rings. The van der Waals surface area contributed by atoms with E-state index in [0.717, 1.165) is 0 Å². The van der Waals surface area contributed by atoms with Gasteiger partial charge in [0.15, 0.2) is 0 Å². The van der Waals surface area contributed by atoms with Crippen molar-refractivity contribution < 1.29 is 19.4 Å². The highest BCUT2D eigenvalue weighted by Crippen LogP contribution is 2.31. The van der Waals surface area contributed by atoms with Crippen LogP contribution in [0.25, 0.3) is 0 Å². The van der Waals surface area contributed by atoms with Crippen LogP contribution < -0.4 is 5.32 Å². The van der Waals surface area contributed by atoms with Gasteiger partial charge in [-0.15, -0.1) is 0 Å². The number of rotatable bonds is 4. The lowest BCUT2D eigenvalue weighted by Crippen LogP contribution is -2.18. The topological polar surface area (TPSA) is 75.6 Å². The minimum absolute atomic E-state index is 0.0252. The van der Waals surface area contributed by atoms with E-state index in [1.807, 2.05) is 13.8 Å². The first-order valence-electron chi connectivity index (χ1n) is 5.47. The van der Waals surface area contributed by atoms with Gasteiger partial charge in [-0.1, -0.05) is 29.8 Å². The van der Waals surface area contributed by atoms with Crippen LogP contribution in [-0.2, 0) is 4.74 Å². The summed E-state index contributed by atoms with van der Waals surface area (Å²) in [6.45, 7) is 4.08. The standard InChI is InChI=1S/C12H13Br2NO4/c1-6(2)5-19-12(18)15-10-8(11(16)17)3-7(13)4-9(10)14/h3-4,6H,5H2,1-2H3,(H,15,18)(H,16,17). The molecule has 1 rings (SSSR count). The maximum Gasteiger partial charge on any atom is 0.411 e. The highest BCUT2D eigenvalue weighted by molar-refractivity contribution is 9.11. The lowest BCUT2D eigenvalue weighted by Gasteiger charge is -2.12. The number of hydrogen-bond acceptors (Lipinski definition) is 3. The predicted octanol–water partition coefficient (Wildman–Crippen LogP) is 4.11. The lowest BCUT2D eigenvalue weighted by molar-refractivity contribution is 0.0698. The van der Waals surface area contributed by atoms with Crippen LogP contribution in [0.4, 0.5) is 10.5 Å². The van der Waals surface area contributed by atoms with Crippen LogP contribution in [0.15, 0.2) is 21.1 Å². The molecule has 1 amide bonds. The number of hydrogen-bond donors (Lipinski definition) is 2. The van der Waals surface area contributed by atoms with E-state index < -0.39 is 12.1 Å². The van der Waals surface area contributed by atoms with Crippen molar-refractivity contribution in [2.75, 3.05) is 11.9 Å². The Kier molecular flexibility index (Phi) is 5.81. The molecule has 2 N–H and O–H groups in total. The molecule has 0 spiro atoms. The Bertz CT molecular complexity index is 503. The van der Waals surface area contributed by atoms with Crippen molar-refractivity contribution in [3.8, 4) is 0 Å². The summed E-state index contributed by atoms with van der Waals surface area (Å²) in [5.41, 5.74) is 0.146. The van der Waals surface area contributed by atoms with Gasteiger partial charge in [-0.3, -0.25) is 5.32 Å². The second-order valence-electron chi connectivity index (χ2n) is 4.23. The molecule has 5 nitrogen and oxygen atoms in total. The average Bonchev–Trinajstić information content (AvgIpc) is 2.29. The van der Waals surface area contributed by atoms with Crippen LogP contribution in [0.5, 0.6) is 0 Å². The smallest absolute Gasteiger partial charge is 0.411 e. The molecule has 0 unspecified atom stereocenters. The Balaban J connectivity index is 2.94. The number of halogens is 2. The van der Waals surface area contributed by atoms with Crippen LogP contribution >= 0.6 is 31.9 Å². The van der Waals surface area contributed by atoms with Crippen molar-refractivity contribution in [2.45, 2.75) is 13.8 Å². The van der Waals surface area contributed by atoms with Gasteiger partial charge in [-0.2, -0.15) is 0 Å². The predicted molar refractivity (Wildman–Crippen MR) is 78.6 cm³/mol. The Hall–Kier alpha value is -1.08. The molecular weight excluding hydrogens is 382 g/mol. The van der Waals surface area contributed by atoms with Crippen LogP contribution in [0, 0.1) is 5.92 Å². The van der Waals surface area contributed by atoms with E-state index in [-0.39, 0.29) is 23.8 Å². The molecule has 1 aromatic rings. The molecule has 0 atom stereocenters. The quantitative estimate of drug-likeness (QED) is 0.805. The van der Waals surface area contributed by atoms with Gasteiger partial charge in [0, 0.05) is 8.95 Å². The molecule has 0 saturated carbocycles. The minimum atomic E-state index is -1.14. The number of anilines is 1. The van der Waals surface area contributed by atoms with Gasteiger partial charge in [0.25, 0.3) is 0 Å². The van der Waals surface area contributed by atoms with E-state index in [1.165, 1.54) is 6.07 Å². The summed E-state index contributed by atoms with van der Waals surface area (Å²) in [5, 5.41) is 11.5. The van der Waals surface area contributed by atoms with Crippen LogP contribution in [0.1, 0.15) is 24.2 Å². The maximum atomic E-state index is 11.6. The second kappa shape index (κ2) is 6.91. The maximum absolute atomic E-state index is 11.6. The van der Waals surface area contributed by atoms with E-state index in [0.29, 0.717) is 8.95 Å². The number of amides is 1. The normalized spacial score (nSPS) is 10.4. The number of aromatic carboxylic acids is 1. The second-order valence-corrected chi connectivity index (χ2v) is 6.00. The molecular formula is C12H13Br2NO4. The molecule has 0 bridgehead atoms. The third-order valence-electron chi connectivity index (χ3n) is 2.06. The number of carbonyl (C=O) groups is 2. The van der Waals surface area contributed by atoms with E-state index in [9.17, 15) is 9.59 Å². The van der Waals surface area contributed by atoms with Crippen LogP contribution in [0.2, 0.25) is 0 Å². The van der Waals surface area contributed by atoms with Gasteiger partial charge in [-0.25, -0.2) is 9.59 Å². The first-order valence-corrected chi connectivity index (χ1v) is 7.06. The molecule has 1 aromatic carbocycles. The fourth-order valence-electron chi connectivity index (χ4n) is 1.25. The summed E-state index contributed by atoms with van der Waals surface area (Å²) in [6, 6.07) is 3.05. The molecule has 0 aliphatic carbocycles. The highest BCUT2D eigenvalue weighted by atomic mass is 79.9. The Morgan fingerprint density at radius 3 is 2.53 bits per heavy atom. The lowest BCUT2D eigenvalue weighted by atomic mass is 10.2. The SMILES string of the molecule is CC(C)COC(=O)Nc1c(Br)cc(Br)cc1C(=O)O. The molecule has 0 radical (unpaired) electrons.